The zero-order chi connectivity index (χ0) is 16.2. The molecule has 1 aliphatic carbocycles. The number of aryl methyl sites for hydroxylation is 5. The average Bonchev–Trinajstić information content (AvgIpc) is 2.94. The summed E-state index contributed by atoms with van der Waals surface area (Å²) in [6.45, 7) is 7.17. The molecule has 3 rings (SSSR count). The predicted octanol–water partition coefficient (Wildman–Crippen LogP) is 3.71. The molecule has 2 aromatic heterocycles. The molecule has 0 spiro atoms. The molecule has 4 nitrogen and oxygen atoms in total. The number of fused-ring (bicyclic) bond motifs is 1. The molecule has 1 atom stereocenters. The highest BCUT2D eigenvalue weighted by molar-refractivity contribution is 7.11. The Morgan fingerprint density at radius 2 is 2.04 bits per heavy atom. The van der Waals surface area contributed by atoms with Gasteiger partial charge < -0.3 is 5.32 Å². The number of aromatic nitrogens is 3. The Morgan fingerprint density at radius 3 is 2.83 bits per heavy atom. The van der Waals surface area contributed by atoms with Crippen molar-refractivity contribution in [2.45, 2.75) is 65.3 Å². The van der Waals surface area contributed by atoms with Crippen LogP contribution in [-0.2, 0) is 19.3 Å². The Labute approximate surface area is 142 Å². The highest BCUT2D eigenvalue weighted by atomic mass is 32.1. The fraction of sp³-hybridized carbons (Fsp3) is 0.611. The molecule has 0 bridgehead atoms. The molecule has 2 aromatic rings. The molecule has 0 unspecified atom stereocenters. The lowest BCUT2D eigenvalue weighted by atomic mass is 10.0. The number of hydrogen-bond acceptors (Lipinski definition) is 5. The van der Waals surface area contributed by atoms with Crippen molar-refractivity contribution < 1.29 is 0 Å². The van der Waals surface area contributed by atoms with Gasteiger partial charge >= 0.3 is 0 Å². The van der Waals surface area contributed by atoms with Gasteiger partial charge in [0.2, 0.25) is 0 Å². The number of thiazole rings is 1. The molecule has 124 valence electrons. The Hall–Kier alpha value is -1.33. The van der Waals surface area contributed by atoms with Crippen molar-refractivity contribution in [1.29, 1.82) is 0 Å². The molecule has 1 aliphatic rings. The van der Waals surface area contributed by atoms with Crippen LogP contribution in [-0.4, -0.2) is 21.5 Å². The van der Waals surface area contributed by atoms with Gasteiger partial charge in [0.1, 0.15) is 5.82 Å². The second-order valence-corrected chi connectivity index (χ2v) is 7.59. The van der Waals surface area contributed by atoms with E-state index in [2.05, 4.69) is 29.1 Å². The minimum absolute atomic E-state index is 0.292. The van der Waals surface area contributed by atoms with Crippen LogP contribution in [0.1, 0.15) is 64.9 Å². The van der Waals surface area contributed by atoms with Gasteiger partial charge in [0.05, 0.1) is 10.7 Å². The van der Waals surface area contributed by atoms with Crippen LogP contribution in [0.2, 0.25) is 0 Å². The summed E-state index contributed by atoms with van der Waals surface area (Å²) in [5.74, 6) is 0.839. The molecular formula is C18H26N4S. The highest BCUT2D eigenvalue weighted by Gasteiger charge is 2.15. The monoisotopic (exact) mass is 330 g/mol. The summed E-state index contributed by atoms with van der Waals surface area (Å²) in [5, 5.41) is 4.91. The standard InChI is InChI=1S/C18H26N4S/c1-12(15-11-20-14(3)21-13(15)2)19-10-6-9-18-22-16-7-4-5-8-17(16)23-18/h11-12,19H,4-10H2,1-3H3/t12-/m1/s1. The maximum Gasteiger partial charge on any atom is 0.125 e. The van der Waals surface area contributed by atoms with E-state index in [-0.39, 0.29) is 0 Å². The van der Waals surface area contributed by atoms with Gasteiger partial charge in [-0.1, -0.05) is 0 Å². The third kappa shape index (κ3) is 4.15. The van der Waals surface area contributed by atoms with Crippen LogP contribution >= 0.6 is 11.3 Å². The Bertz CT molecular complexity index is 642. The summed E-state index contributed by atoms with van der Waals surface area (Å²) in [5.41, 5.74) is 3.65. The molecule has 23 heavy (non-hydrogen) atoms. The van der Waals surface area contributed by atoms with Crippen LogP contribution in [0.25, 0.3) is 0 Å². The topological polar surface area (TPSA) is 50.7 Å². The fourth-order valence-corrected chi connectivity index (χ4v) is 4.40. The second-order valence-electron chi connectivity index (χ2n) is 6.42. The molecule has 0 aliphatic heterocycles. The molecule has 2 heterocycles. The predicted molar refractivity (Wildman–Crippen MR) is 95.0 cm³/mol. The Balaban J connectivity index is 1.46. The van der Waals surface area contributed by atoms with Crippen molar-refractivity contribution in [2.24, 2.45) is 0 Å². The lowest BCUT2D eigenvalue weighted by Gasteiger charge is -2.15. The smallest absolute Gasteiger partial charge is 0.125 e. The summed E-state index contributed by atoms with van der Waals surface area (Å²) in [6, 6.07) is 0.292. The molecular weight excluding hydrogens is 304 g/mol. The van der Waals surface area contributed by atoms with Gasteiger partial charge in [0, 0.05) is 34.8 Å². The second kappa shape index (κ2) is 7.49. The molecule has 0 saturated heterocycles. The van der Waals surface area contributed by atoms with Gasteiger partial charge in [-0.15, -0.1) is 11.3 Å². The zero-order valence-corrected chi connectivity index (χ0v) is 15.2. The normalized spacial score (nSPS) is 15.4. The molecule has 0 aromatic carbocycles. The van der Waals surface area contributed by atoms with Crippen molar-refractivity contribution >= 4 is 11.3 Å². The fourth-order valence-electron chi connectivity index (χ4n) is 3.20. The maximum absolute atomic E-state index is 4.82. The van der Waals surface area contributed by atoms with Crippen LogP contribution < -0.4 is 5.32 Å². The lowest BCUT2D eigenvalue weighted by Crippen LogP contribution is -2.21. The first-order valence-corrected chi connectivity index (χ1v) is 9.46. The van der Waals surface area contributed by atoms with Crippen LogP contribution in [0.4, 0.5) is 0 Å². The summed E-state index contributed by atoms with van der Waals surface area (Å²) in [6.07, 6.45) is 9.25. The van der Waals surface area contributed by atoms with Gasteiger partial charge in [-0.05, 0) is 59.4 Å². The third-order valence-corrected chi connectivity index (χ3v) is 5.73. The summed E-state index contributed by atoms with van der Waals surface area (Å²) in [4.78, 5) is 15.1. The van der Waals surface area contributed by atoms with E-state index in [4.69, 9.17) is 4.98 Å². The number of nitrogens with one attached hydrogen (secondary N) is 1. The van der Waals surface area contributed by atoms with Gasteiger partial charge in [0.25, 0.3) is 0 Å². The molecule has 0 fully saturated rings. The van der Waals surface area contributed by atoms with Crippen LogP contribution in [0.5, 0.6) is 0 Å². The first-order chi connectivity index (χ1) is 11.1. The van der Waals surface area contributed by atoms with E-state index in [1.54, 1.807) is 4.88 Å². The minimum Gasteiger partial charge on any atom is -0.310 e. The lowest BCUT2D eigenvalue weighted by molar-refractivity contribution is 0.551. The highest BCUT2D eigenvalue weighted by Crippen LogP contribution is 2.27. The van der Waals surface area contributed by atoms with E-state index < -0.39 is 0 Å². The van der Waals surface area contributed by atoms with E-state index in [1.165, 1.54) is 41.9 Å². The Kier molecular flexibility index (Phi) is 5.38. The quantitative estimate of drug-likeness (QED) is 0.820. The zero-order valence-electron chi connectivity index (χ0n) is 14.4. The van der Waals surface area contributed by atoms with Gasteiger partial charge in [-0.25, -0.2) is 15.0 Å². The van der Waals surface area contributed by atoms with Crippen molar-refractivity contribution in [2.75, 3.05) is 6.54 Å². The number of hydrogen-bond donors (Lipinski definition) is 1. The van der Waals surface area contributed by atoms with Crippen molar-refractivity contribution in [1.82, 2.24) is 20.3 Å². The van der Waals surface area contributed by atoms with Gasteiger partial charge in [-0.2, -0.15) is 0 Å². The van der Waals surface area contributed by atoms with Crippen LogP contribution in [0.3, 0.4) is 0 Å². The first-order valence-electron chi connectivity index (χ1n) is 8.64. The largest absolute Gasteiger partial charge is 0.310 e. The van der Waals surface area contributed by atoms with Gasteiger partial charge in [0.15, 0.2) is 0 Å². The van der Waals surface area contributed by atoms with Crippen LogP contribution in [0, 0.1) is 13.8 Å². The van der Waals surface area contributed by atoms with Crippen LogP contribution in [0.15, 0.2) is 6.20 Å². The van der Waals surface area contributed by atoms with Crippen molar-refractivity contribution in [3.8, 4) is 0 Å². The Morgan fingerprint density at radius 1 is 1.22 bits per heavy atom. The SMILES string of the molecule is Cc1ncc([C@@H](C)NCCCc2nc3c(s2)CCCC3)c(C)n1. The number of nitrogens with zero attached hydrogens (tertiary/aromatic N) is 3. The van der Waals surface area contributed by atoms with E-state index in [0.29, 0.717) is 6.04 Å². The van der Waals surface area contributed by atoms with E-state index in [0.717, 1.165) is 30.9 Å². The van der Waals surface area contributed by atoms with E-state index >= 15 is 0 Å². The van der Waals surface area contributed by atoms with Crippen molar-refractivity contribution in [3.63, 3.8) is 0 Å². The minimum atomic E-state index is 0.292. The maximum atomic E-state index is 4.82. The summed E-state index contributed by atoms with van der Waals surface area (Å²) < 4.78 is 0. The van der Waals surface area contributed by atoms with E-state index in [9.17, 15) is 0 Å². The van der Waals surface area contributed by atoms with E-state index in [1.807, 2.05) is 24.5 Å². The summed E-state index contributed by atoms with van der Waals surface area (Å²) in [7, 11) is 0. The number of rotatable bonds is 6. The van der Waals surface area contributed by atoms with Crippen molar-refractivity contribution in [3.05, 3.63) is 38.9 Å². The average molecular weight is 331 g/mol. The third-order valence-electron chi connectivity index (χ3n) is 4.51. The molecule has 1 N–H and O–H groups in total. The molecule has 0 radical (unpaired) electrons. The molecule has 0 amide bonds. The van der Waals surface area contributed by atoms with Gasteiger partial charge in [-0.3, -0.25) is 0 Å². The molecule has 5 heteroatoms. The first kappa shape index (κ1) is 16.5. The molecule has 0 saturated carbocycles. The summed E-state index contributed by atoms with van der Waals surface area (Å²) >= 11 is 1.94.